The highest BCUT2D eigenvalue weighted by atomic mass is 35.5. The molecule has 1 aliphatic carbocycles. The molecular weight excluding hydrogens is 286 g/mol. The van der Waals surface area contributed by atoms with Crippen LogP contribution in [0.1, 0.15) is 39.0 Å². The maximum Gasteiger partial charge on any atom is 0.0945 e. The first-order valence-corrected chi connectivity index (χ1v) is 8.36. The number of aliphatic hydroxyl groups excluding tert-OH is 1. The fraction of sp³-hybridized carbons (Fsp3) is 0.647. The van der Waals surface area contributed by atoms with E-state index in [2.05, 4.69) is 12.2 Å². The fourth-order valence-electron chi connectivity index (χ4n) is 2.96. The lowest BCUT2D eigenvalue weighted by Gasteiger charge is -2.31. The molecule has 0 spiro atoms. The van der Waals surface area contributed by atoms with Crippen LogP contribution in [0.15, 0.2) is 24.3 Å². The van der Waals surface area contributed by atoms with Crippen molar-refractivity contribution in [1.82, 2.24) is 0 Å². The van der Waals surface area contributed by atoms with Gasteiger partial charge in [-0.15, -0.1) is 0 Å². The Hall–Kier alpha value is -0.770. The smallest absolute Gasteiger partial charge is 0.0945 e. The monoisotopic (exact) mass is 311 g/mol. The number of hydrogen-bond acceptors (Lipinski definition) is 3. The van der Waals surface area contributed by atoms with Crippen LogP contribution in [-0.4, -0.2) is 30.5 Å². The molecule has 3 atom stereocenters. The van der Waals surface area contributed by atoms with Crippen molar-refractivity contribution in [2.24, 2.45) is 5.92 Å². The second kappa shape index (κ2) is 8.62. The second-order valence-electron chi connectivity index (χ2n) is 5.87. The average molecular weight is 312 g/mol. The summed E-state index contributed by atoms with van der Waals surface area (Å²) in [6.45, 7) is 3.12. The highest BCUT2D eigenvalue weighted by Gasteiger charge is 2.24. The van der Waals surface area contributed by atoms with Crippen molar-refractivity contribution in [1.29, 1.82) is 0 Å². The highest BCUT2D eigenvalue weighted by molar-refractivity contribution is 6.30. The Labute approximate surface area is 132 Å². The molecule has 118 valence electrons. The third-order valence-corrected chi connectivity index (χ3v) is 4.50. The third kappa shape index (κ3) is 5.50. The maximum atomic E-state index is 10.0. The molecule has 21 heavy (non-hydrogen) atoms. The van der Waals surface area contributed by atoms with Gasteiger partial charge in [-0.3, -0.25) is 0 Å². The summed E-state index contributed by atoms with van der Waals surface area (Å²) < 4.78 is 5.94. The van der Waals surface area contributed by atoms with E-state index >= 15 is 0 Å². The highest BCUT2D eigenvalue weighted by Crippen LogP contribution is 2.29. The Morgan fingerprint density at radius 3 is 2.71 bits per heavy atom. The summed E-state index contributed by atoms with van der Waals surface area (Å²) >= 11 is 5.84. The molecule has 1 aliphatic rings. The number of aliphatic hydroxyl groups is 1. The van der Waals surface area contributed by atoms with Gasteiger partial charge in [-0.1, -0.05) is 37.8 Å². The SMILES string of the molecule is CCC1CCCCC1OCC(O)CNc1ccc(Cl)cc1. The van der Waals surface area contributed by atoms with Crippen LogP contribution in [0.4, 0.5) is 5.69 Å². The molecule has 0 radical (unpaired) electrons. The lowest BCUT2D eigenvalue weighted by molar-refractivity contribution is -0.0473. The van der Waals surface area contributed by atoms with E-state index in [-0.39, 0.29) is 0 Å². The molecule has 3 unspecified atom stereocenters. The van der Waals surface area contributed by atoms with Crippen molar-refractivity contribution in [3.8, 4) is 0 Å². The number of halogens is 1. The van der Waals surface area contributed by atoms with E-state index in [9.17, 15) is 5.11 Å². The van der Waals surface area contributed by atoms with E-state index in [0.29, 0.717) is 30.2 Å². The minimum atomic E-state index is -0.486. The van der Waals surface area contributed by atoms with Gasteiger partial charge in [0.25, 0.3) is 0 Å². The standard InChI is InChI=1S/C17H26ClNO2/c1-2-13-5-3-4-6-17(13)21-12-16(20)11-19-15-9-7-14(18)8-10-15/h7-10,13,16-17,19-20H,2-6,11-12H2,1H3. The Kier molecular flexibility index (Phi) is 6.81. The lowest BCUT2D eigenvalue weighted by atomic mass is 9.85. The van der Waals surface area contributed by atoms with Gasteiger partial charge in [0.1, 0.15) is 0 Å². The molecule has 2 rings (SSSR count). The van der Waals surface area contributed by atoms with E-state index in [0.717, 1.165) is 12.1 Å². The molecule has 0 aliphatic heterocycles. The van der Waals surface area contributed by atoms with Crippen molar-refractivity contribution in [3.05, 3.63) is 29.3 Å². The minimum Gasteiger partial charge on any atom is -0.389 e. The number of nitrogens with one attached hydrogen (secondary N) is 1. The molecule has 4 heteroatoms. The van der Waals surface area contributed by atoms with Gasteiger partial charge >= 0.3 is 0 Å². The minimum absolute atomic E-state index is 0.328. The molecule has 0 aromatic heterocycles. The molecule has 1 fully saturated rings. The topological polar surface area (TPSA) is 41.5 Å². The zero-order valence-corrected chi connectivity index (χ0v) is 13.5. The van der Waals surface area contributed by atoms with Crippen LogP contribution in [0.25, 0.3) is 0 Å². The normalized spacial score (nSPS) is 23.8. The van der Waals surface area contributed by atoms with Crippen LogP contribution in [0.5, 0.6) is 0 Å². The second-order valence-corrected chi connectivity index (χ2v) is 6.30. The van der Waals surface area contributed by atoms with Crippen LogP contribution in [0, 0.1) is 5.92 Å². The summed E-state index contributed by atoms with van der Waals surface area (Å²) in [4.78, 5) is 0. The van der Waals surface area contributed by atoms with Gasteiger partial charge in [0.05, 0.1) is 18.8 Å². The first-order chi connectivity index (χ1) is 10.2. The van der Waals surface area contributed by atoms with Gasteiger partial charge in [0, 0.05) is 17.3 Å². The number of anilines is 1. The first-order valence-electron chi connectivity index (χ1n) is 7.98. The summed E-state index contributed by atoms with van der Waals surface area (Å²) in [6, 6.07) is 7.48. The zero-order chi connectivity index (χ0) is 15.1. The predicted molar refractivity (Wildman–Crippen MR) is 87.9 cm³/mol. The summed E-state index contributed by atoms with van der Waals surface area (Å²) in [5.41, 5.74) is 0.961. The van der Waals surface area contributed by atoms with E-state index in [1.807, 2.05) is 24.3 Å². The van der Waals surface area contributed by atoms with Crippen molar-refractivity contribution < 1.29 is 9.84 Å². The van der Waals surface area contributed by atoms with Crippen LogP contribution in [0.2, 0.25) is 5.02 Å². The van der Waals surface area contributed by atoms with E-state index < -0.39 is 6.10 Å². The third-order valence-electron chi connectivity index (χ3n) is 4.25. The van der Waals surface area contributed by atoms with E-state index in [4.69, 9.17) is 16.3 Å². The van der Waals surface area contributed by atoms with Crippen molar-refractivity contribution in [3.63, 3.8) is 0 Å². The Bertz CT molecular complexity index is 410. The molecule has 3 nitrogen and oxygen atoms in total. The fourth-order valence-corrected chi connectivity index (χ4v) is 3.08. The summed E-state index contributed by atoms with van der Waals surface area (Å²) in [7, 11) is 0. The molecule has 0 bridgehead atoms. The van der Waals surface area contributed by atoms with Crippen molar-refractivity contribution in [2.45, 2.75) is 51.2 Å². The Balaban J connectivity index is 1.69. The molecular formula is C17H26ClNO2. The molecule has 0 amide bonds. The van der Waals surface area contributed by atoms with Gasteiger partial charge in [0.15, 0.2) is 0 Å². The summed E-state index contributed by atoms with van der Waals surface area (Å²) in [5, 5.41) is 14.0. The van der Waals surface area contributed by atoms with E-state index in [1.165, 1.54) is 25.7 Å². The van der Waals surface area contributed by atoms with Crippen LogP contribution >= 0.6 is 11.6 Å². The molecule has 2 N–H and O–H groups in total. The number of rotatable bonds is 7. The first kappa shape index (κ1) is 16.6. The molecule has 1 aromatic carbocycles. The predicted octanol–water partition coefficient (Wildman–Crippen LogP) is 4.10. The number of benzene rings is 1. The summed E-state index contributed by atoms with van der Waals surface area (Å²) in [5.74, 6) is 0.662. The van der Waals surface area contributed by atoms with Crippen LogP contribution in [0.3, 0.4) is 0 Å². The Morgan fingerprint density at radius 2 is 2.00 bits per heavy atom. The number of ether oxygens (including phenoxy) is 1. The van der Waals surface area contributed by atoms with Gasteiger partial charge in [-0.2, -0.15) is 0 Å². The molecule has 0 heterocycles. The Morgan fingerprint density at radius 1 is 1.29 bits per heavy atom. The summed E-state index contributed by atoms with van der Waals surface area (Å²) in [6.07, 6.45) is 5.98. The van der Waals surface area contributed by atoms with E-state index in [1.54, 1.807) is 0 Å². The van der Waals surface area contributed by atoms with Gasteiger partial charge in [0.2, 0.25) is 0 Å². The molecule has 1 saturated carbocycles. The molecule has 1 aromatic rings. The van der Waals surface area contributed by atoms with Crippen LogP contribution < -0.4 is 5.32 Å². The van der Waals surface area contributed by atoms with Crippen molar-refractivity contribution >= 4 is 17.3 Å². The van der Waals surface area contributed by atoms with Gasteiger partial charge < -0.3 is 15.2 Å². The van der Waals surface area contributed by atoms with Gasteiger partial charge in [-0.25, -0.2) is 0 Å². The maximum absolute atomic E-state index is 10.0. The van der Waals surface area contributed by atoms with Crippen molar-refractivity contribution in [2.75, 3.05) is 18.5 Å². The molecule has 0 saturated heterocycles. The average Bonchev–Trinajstić information content (AvgIpc) is 2.52. The lowest BCUT2D eigenvalue weighted by Crippen LogP contribution is -2.32. The number of hydrogen-bond donors (Lipinski definition) is 2. The quantitative estimate of drug-likeness (QED) is 0.796. The van der Waals surface area contributed by atoms with Gasteiger partial charge in [-0.05, 0) is 43.0 Å². The largest absolute Gasteiger partial charge is 0.389 e. The zero-order valence-electron chi connectivity index (χ0n) is 12.7. The van der Waals surface area contributed by atoms with Crippen LogP contribution in [-0.2, 0) is 4.74 Å².